The highest BCUT2D eigenvalue weighted by Crippen LogP contribution is 2.35. The molecule has 2 aromatic heterocycles. The Labute approximate surface area is 163 Å². The summed E-state index contributed by atoms with van der Waals surface area (Å²) in [4.78, 5) is 21.1. The zero-order valence-electron chi connectivity index (χ0n) is 15.4. The van der Waals surface area contributed by atoms with E-state index in [9.17, 15) is 4.79 Å². The summed E-state index contributed by atoms with van der Waals surface area (Å²) in [5.74, 6) is 2.27. The highest BCUT2D eigenvalue weighted by atomic mass is 32.1. The van der Waals surface area contributed by atoms with Gasteiger partial charge in [-0.25, -0.2) is 9.97 Å². The Morgan fingerprint density at radius 1 is 1.22 bits per heavy atom. The largest absolute Gasteiger partial charge is 0.361 e. The number of nitrogens with zero attached hydrogens (tertiary/aromatic N) is 3. The Kier molecular flexibility index (Phi) is 5.53. The third-order valence-electron chi connectivity index (χ3n) is 5.67. The summed E-state index contributed by atoms with van der Waals surface area (Å²) < 4.78 is 0.939. The second-order valence-corrected chi connectivity index (χ2v) is 8.75. The van der Waals surface area contributed by atoms with Crippen LogP contribution in [0.25, 0.3) is 10.2 Å². The summed E-state index contributed by atoms with van der Waals surface area (Å²) in [6, 6.07) is 4.15. The Bertz CT molecular complexity index is 846. The molecule has 27 heavy (non-hydrogen) atoms. The van der Waals surface area contributed by atoms with E-state index in [1.165, 1.54) is 25.7 Å². The average molecular weight is 384 g/mol. The number of pyridine rings is 1. The summed E-state index contributed by atoms with van der Waals surface area (Å²) >= 11 is 1.56. The van der Waals surface area contributed by atoms with E-state index < -0.39 is 0 Å². The highest BCUT2D eigenvalue weighted by molar-refractivity contribution is 7.22. The number of carbonyl (C=O) groups is 1. The highest BCUT2D eigenvalue weighted by Gasteiger charge is 2.30. The Morgan fingerprint density at radius 3 is 2.74 bits per heavy atom. The lowest BCUT2D eigenvalue weighted by molar-refractivity contribution is -0.117. The number of carbonyl (C=O) groups excluding carboxylic acids is 1. The van der Waals surface area contributed by atoms with Crippen molar-refractivity contribution in [1.82, 2.24) is 9.97 Å². The van der Waals surface area contributed by atoms with Crippen LogP contribution >= 0.6 is 11.3 Å². The van der Waals surface area contributed by atoms with Crippen molar-refractivity contribution in [2.24, 2.45) is 17.8 Å². The van der Waals surface area contributed by atoms with Crippen molar-refractivity contribution in [2.75, 3.05) is 17.2 Å². The maximum absolute atomic E-state index is 12.0. The number of nitrogens with one attached hydrogen (secondary N) is 2. The first-order chi connectivity index (χ1) is 13.2. The topological polar surface area (TPSA) is 90.7 Å². The molecule has 0 radical (unpaired) electrons. The number of rotatable bonds is 7. The van der Waals surface area contributed by atoms with Gasteiger partial charge in [0.25, 0.3) is 0 Å². The van der Waals surface area contributed by atoms with Gasteiger partial charge in [0, 0.05) is 25.1 Å². The SMILES string of the molecule is N#CCCC1CCC(CNc2nc3ccnc(NC(=O)C4CC4)c3s2)CC1. The zero-order chi connectivity index (χ0) is 18.6. The van der Waals surface area contributed by atoms with Crippen molar-refractivity contribution in [3.05, 3.63) is 12.3 Å². The first-order valence-corrected chi connectivity index (χ1v) is 10.7. The van der Waals surface area contributed by atoms with Crippen LogP contribution in [0.4, 0.5) is 10.9 Å². The molecule has 2 aliphatic carbocycles. The first-order valence-electron chi connectivity index (χ1n) is 9.90. The molecule has 6 nitrogen and oxygen atoms in total. The molecule has 2 heterocycles. The van der Waals surface area contributed by atoms with Crippen LogP contribution < -0.4 is 10.6 Å². The molecule has 7 heteroatoms. The third-order valence-corrected chi connectivity index (χ3v) is 6.70. The molecule has 2 saturated carbocycles. The standard InChI is InChI=1S/C20H25N5OS/c21-10-1-2-13-3-5-14(6-4-13)12-23-20-24-16-9-11-22-18(17(16)27-20)25-19(26)15-7-8-15/h9,11,13-15H,1-8,12H2,(H,23,24)(H,22,25,26). The molecule has 2 fully saturated rings. The van der Waals surface area contributed by atoms with Gasteiger partial charge in [-0.3, -0.25) is 4.79 Å². The van der Waals surface area contributed by atoms with Crippen LogP contribution in [-0.2, 0) is 4.79 Å². The van der Waals surface area contributed by atoms with E-state index >= 15 is 0 Å². The normalized spacial score (nSPS) is 22.3. The fourth-order valence-corrected chi connectivity index (χ4v) is 4.72. The van der Waals surface area contributed by atoms with Gasteiger partial charge in [-0.2, -0.15) is 5.26 Å². The van der Waals surface area contributed by atoms with Crippen LogP contribution in [0.1, 0.15) is 51.4 Å². The van der Waals surface area contributed by atoms with Crippen LogP contribution in [0, 0.1) is 29.1 Å². The molecule has 0 atom stereocenters. The van der Waals surface area contributed by atoms with E-state index in [0.717, 1.165) is 47.1 Å². The third kappa shape index (κ3) is 4.56. The Balaban J connectivity index is 1.33. The summed E-state index contributed by atoms with van der Waals surface area (Å²) in [5.41, 5.74) is 0.879. The van der Waals surface area contributed by atoms with Crippen molar-refractivity contribution in [1.29, 1.82) is 5.26 Å². The molecule has 4 rings (SSSR count). The predicted octanol–water partition coefficient (Wildman–Crippen LogP) is 4.56. The van der Waals surface area contributed by atoms with Gasteiger partial charge < -0.3 is 10.6 Å². The number of anilines is 2. The van der Waals surface area contributed by atoms with Crippen LogP contribution in [0.2, 0.25) is 0 Å². The van der Waals surface area contributed by atoms with Gasteiger partial charge in [-0.15, -0.1) is 0 Å². The maximum Gasteiger partial charge on any atom is 0.228 e. The first kappa shape index (κ1) is 18.2. The van der Waals surface area contributed by atoms with Crippen LogP contribution in [0.15, 0.2) is 12.3 Å². The number of fused-ring (bicyclic) bond motifs is 1. The van der Waals surface area contributed by atoms with Gasteiger partial charge in [-0.1, -0.05) is 24.2 Å². The quantitative estimate of drug-likeness (QED) is 0.731. The maximum atomic E-state index is 12.0. The lowest BCUT2D eigenvalue weighted by atomic mass is 9.80. The second kappa shape index (κ2) is 8.22. The molecular weight excluding hydrogens is 358 g/mol. The molecule has 2 N–H and O–H groups in total. The van der Waals surface area contributed by atoms with Gasteiger partial charge in [0.1, 0.15) is 0 Å². The number of aromatic nitrogens is 2. The minimum Gasteiger partial charge on any atom is -0.361 e. The molecule has 0 saturated heterocycles. The van der Waals surface area contributed by atoms with Crippen molar-refractivity contribution in [3.8, 4) is 6.07 Å². The van der Waals surface area contributed by atoms with E-state index in [2.05, 4.69) is 26.7 Å². The van der Waals surface area contributed by atoms with Gasteiger partial charge in [0.05, 0.1) is 16.3 Å². The van der Waals surface area contributed by atoms with Gasteiger partial charge in [0.2, 0.25) is 5.91 Å². The summed E-state index contributed by atoms with van der Waals surface area (Å²) in [5, 5.41) is 16.1. The number of hydrogen-bond acceptors (Lipinski definition) is 6. The summed E-state index contributed by atoms with van der Waals surface area (Å²) in [6.07, 6.45) is 10.3. The number of amides is 1. The smallest absolute Gasteiger partial charge is 0.228 e. The van der Waals surface area contributed by atoms with Crippen molar-refractivity contribution < 1.29 is 4.79 Å². The molecule has 0 spiro atoms. The van der Waals surface area contributed by atoms with Crippen molar-refractivity contribution >= 4 is 38.4 Å². The number of hydrogen-bond donors (Lipinski definition) is 2. The fraction of sp³-hybridized carbons (Fsp3) is 0.600. The van der Waals surface area contributed by atoms with Gasteiger partial charge in [-0.05, 0) is 50.0 Å². The molecule has 2 aromatic rings. The summed E-state index contributed by atoms with van der Waals surface area (Å²) in [6.45, 7) is 0.933. The van der Waals surface area contributed by atoms with Crippen LogP contribution in [0.3, 0.4) is 0 Å². The zero-order valence-corrected chi connectivity index (χ0v) is 16.2. The monoisotopic (exact) mass is 383 g/mol. The molecule has 0 aliphatic heterocycles. The molecule has 0 aromatic carbocycles. The lowest BCUT2D eigenvalue weighted by Gasteiger charge is -2.28. The molecule has 0 unspecified atom stereocenters. The van der Waals surface area contributed by atoms with E-state index in [-0.39, 0.29) is 11.8 Å². The number of thiazole rings is 1. The molecule has 142 valence electrons. The predicted molar refractivity (Wildman–Crippen MR) is 108 cm³/mol. The molecular formula is C20H25N5OS. The molecule has 1 amide bonds. The minimum absolute atomic E-state index is 0.0751. The van der Waals surface area contributed by atoms with E-state index in [4.69, 9.17) is 5.26 Å². The molecule has 0 bridgehead atoms. The van der Waals surface area contributed by atoms with E-state index in [0.29, 0.717) is 18.2 Å². The second-order valence-electron chi connectivity index (χ2n) is 7.75. The fourth-order valence-electron chi connectivity index (χ4n) is 3.81. The Morgan fingerprint density at radius 2 is 2.00 bits per heavy atom. The van der Waals surface area contributed by atoms with Crippen LogP contribution in [0.5, 0.6) is 0 Å². The van der Waals surface area contributed by atoms with Gasteiger partial charge >= 0.3 is 0 Å². The minimum atomic E-state index is 0.0751. The van der Waals surface area contributed by atoms with E-state index in [1.54, 1.807) is 17.5 Å². The number of nitriles is 1. The van der Waals surface area contributed by atoms with Crippen molar-refractivity contribution in [3.63, 3.8) is 0 Å². The van der Waals surface area contributed by atoms with Crippen molar-refractivity contribution in [2.45, 2.75) is 51.4 Å². The Hall–Kier alpha value is -2.20. The lowest BCUT2D eigenvalue weighted by Crippen LogP contribution is -2.21. The molecule has 2 aliphatic rings. The average Bonchev–Trinajstić information content (AvgIpc) is 3.45. The van der Waals surface area contributed by atoms with Gasteiger partial charge in [0.15, 0.2) is 10.9 Å². The summed E-state index contributed by atoms with van der Waals surface area (Å²) in [7, 11) is 0. The van der Waals surface area contributed by atoms with E-state index in [1.807, 2.05) is 6.07 Å². The van der Waals surface area contributed by atoms with Crippen LogP contribution in [-0.4, -0.2) is 22.4 Å².